The molecule has 2 heterocycles. The first-order chi connectivity index (χ1) is 12.4. The van der Waals surface area contributed by atoms with Crippen LogP contribution >= 0.6 is 0 Å². The molecule has 0 bridgehead atoms. The van der Waals surface area contributed by atoms with E-state index in [9.17, 15) is 13.2 Å². The van der Waals surface area contributed by atoms with E-state index < -0.39 is 10.0 Å². The Morgan fingerprint density at radius 3 is 2.38 bits per heavy atom. The second-order valence-corrected chi connectivity index (χ2v) is 8.61. The molecule has 0 radical (unpaired) electrons. The first-order valence-corrected chi connectivity index (χ1v) is 9.97. The molecule has 134 valence electrons. The number of fused-ring (bicyclic) bond motifs is 3. The maximum Gasteiger partial charge on any atom is 0.268 e. The molecule has 1 aliphatic heterocycles. The predicted octanol–water partition coefficient (Wildman–Crippen LogP) is 3.00. The van der Waals surface area contributed by atoms with E-state index in [1.165, 1.54) is 3.97 Å². The zero-order chi connectivity index (χ0) is 18.5. The fourth-order valence-electron chi connectivity index (χ4n) is 3.85. The molecule has 1 unspecified atom stereocenters. The topological polar surface area (TPSA) is 59.4 Å². The van der Waals surface area contributed by atoms with Crippen molar-refractivity contribution in [1.29, 1.82) is 0 Å². The molecule has 3 aromatic rings. The summed E-state index contributed by atoms with van der Waals surface area (Å²) in [6.07, 6.45) is 0. The number of rotatable bonds is 3. The van der Waals surface area contributed by atoms with Gasteiger partial charge in [-0.2, -0.15) is 0 Å². The molecule has 0 spiro atoms. The third-order valence-corrected chi connectivity index (χ3v) is 6.77. The number of para-hydroxylation sites is 1. The lowest BCUT2D eigenvalue weighted by atomic mass is 9.89. The Bertz CT molecular complexity index is 1100. The number of benzene rings is 2. The van der Waals surface area contributed by atoms with Gasteiger partial charge in [-0.3, -0.25) is 9.69 Å². The first-order valence-electron chi connectivity index (χ1n) is 8.53. The van der Waals surface area contributed by atoms with Crippen LogP contribution in [0.4, 0.5) is 0 Å². The summed E-state index contributed by atoms with van der Waals surface area (Å²) < 4.78 is 28.3. The molecule has 0 aliphatic carbocycles. The Balaban J connectivity index is 2.09. The zero-order valence-corrected chi connectivity index (χ0v) is 15.5. The van der Waals surface area contributed by atoms with Gasteiger partial charge < -0.3 is 0 Å². The molecule has 0 fully saturated rings. The summed E-state index contributed by atoms with van der Waals surface area (Å²) in [5.74, 6) is -0.265. The van der Waals surface area contributed by atoms with Gasteiger partial charge in [0.15, 0.2) is 0 Å². The first kappa shape index (κ1) is 17.0. The van der Waals surface area contributed by atoms with E-state index in [1.807, 2.05) is 36.2 Å². The highest BCUT2D eigenvalue weighted by Gasteiger charge is 2.35. The average molecular weight is 368 g/mol. The maximum atomic E-state index is 13.4. The summed E-state index contributed by atoms with van der Waals surface area (Å²) in [6.45, 7) is 2.66. The van der Waals surface area contributed by atoms with Gasteiger partial charge in [0.2, 0.25) is 0 Å². The van der Waals surface area contributed by atoms with Gasteiger partial charge in [-0.05, 0) is 37.7 Å². The van der Waals surface area contributed by atoms with E-state index >= 15 is 0 Å². The van der Waals surface area contributed by atoms with E-state index in [0.29, 0.717) is 24.3 Å². The molecule has 0 N–H and O–H groups in total. The highest BCUT2D eigenvalue weighted by atomic mass is 32.2. The quantitative estimate of drug-likeness (QED) is 0.713. The summed E-state index contributed by atoms with van der Waals surface area (Å²) in [6, 6.07) is 15.9. The minimum atomic E-state index is -3.76. The molecule has 1 aliphatic rings. The molecule has 0 amide bonds. The number of aromatic nitrogens is 1. The predicted molar refractivity (Wildman–Crippen MR) is 101 cm³/mol. The highest BCUT2D eigenvalue weighted by molar-refractivity contribution is 7.90. The van der Waals surface area contributed by atoms with Gasteiger partial charge >= 0.3 is 0 Å². The van der Waals surface area contributed by atoms with E-state index in [2.05, 4.69) is 0 Å². The molecule has 0 saturated carbocycles. The van der Waals surface area contributed by atoms with Gasteiger partial charge in [0.25, 0.3) is 10.0 Å². The number of hydrogen-bond donors (Lipinski definition) is 0. The van der Waals surface area contributed by atoms with Crippen LogP contribution in [0.5, 0.6) is 0 Å². The van der Waals surface area contributed by atoms with Crippen molar-refractivity contribution in [2.24, 2.45) is 0 Å². The van der Waals surface area contributed by atoms with Gasteiger partial charge in [0.1, 0.15) is 5.78 Å². The van der Waals surface area contributed by atoms with Crippen LogP contribution in [0.2, 0.25) is 0 Å². The smallest absolute Gasteiger partial charge is 0.268 e. The number of likely N-dealkylation sites (N-methyl/N-ethyl adjacent to an activating group) is 1. The Labute approximate surface area is 152 Å². The van der Waals surface area contributed by atoms with Crippen LogP contribution in [0.1, 0.15) is 24.1 Å². The molecular weight excluding hydrogens is 348 g/mol. The molecule has 1 atom stereocenters. The molecule has 6 heteroatoms. The summed E-state index contributed by atoms with van der Waals surface area (Å²) in [7, 11) is -1.84. The monoisotopic (exact) mass is 368 g/mol. The van der Waals surface area contributed by atoms with Crippen LogP contribution in [0.15, 0.2) is 59.5 Å². The zero-order valence-electron chi connectivity index (χ0n) is 14.7. The van der Waals surface area contributed by atoms with Gasteiger partial charge in [-0.15, -0.1) is 0 Å². The van der Waals surface area contributed by atoms with Gasteiger partial charge in [-0.25, -0.2) is 12.4 Å². The van der Waals surface area contributed by atoms with E-state index in [-0.39, 0.29) is 16.6 Å². The van der Waals surface area contributed by atoms with E-state index in [1.54, 1.807) is 37.3 Å². The number of nitrogens with zero attached hydrogens (tertiary/aromatic N) is 2. The second-order valence-electron chi connectivity index (χ2n) is 6.82. The van der Waals surface area contributed by atoms with Gasteiger partial charge in [0.05, 0.1) is 22.0 Å². The van der Waals surface area contributed by atoms with Crippen molar-refractivity contribution >= 4 is 26.7 Å². The SMILES string of the molecule is CC(=O)C1CN(C)Cc2c1c1ccccc1n2S(=O)(=O)c1ccccc1. The molecular formula is C20H20N2O3S. The Kier molecular flexibility index (Phi) is 3.97. The number of ketones is 1. The number of carbonyl (C=O) groups is 1. The van der Waals surface area contributed by atoms with E-state index in [4.69, 9.17) is 0 Å². The third-order valence-electron chi connectivity index (χ3n) is 5.00. The van der Waals surface area contributed by atoms with Crippen molar-refractivity contribution in [3.05, 3.63) is 65.9 Å². The van der Waals surface area contributed by atoms with Crippen LogP contribution in [0, 0.1) is 0 Å². The van der Waals surface area contributed by atoms with Crippen LogP contribution in [-0.2, 0) is 21.4 Å². The number of Topliss-reactive ketones (excluding diaryl/α,β-unsaturated/α-hetero) is 1. The number of hydrogen-bond acceptors (Lipinski definition) is 4. The minimum Gasteiger partial charge on any atom is -0.300 e. The normalized spacial score (nSPS) is 18.0. The Hall–Kier alpha value is -2.44. The van der Waals surface area contributed by atoms with Crippen molar-refractivity contribution in [2.75, 3.05) is 13.6 Å². The van der Waals surface area contributed by atoms with Crippen LogP contribution in [-0.4, -0.2) is 36.7 Å². The maximum absolute atomic E-state index is 13.4. The molecule has 5 nitrogen and oxygen atoms in total. The Morgan fingerprint density at radius 2 is 1.69 bits per heavy atom. The molecule has 26 heavy (non-hydrogen) atoms. The lowest BCUT2D eigenvalue weighted by Crippen LogP contribution is -2.35. The van der Waals surface area contributed by atoms with Crippen LogP contribution < -0.4 is 0 Å². The van der Waals surface area contributed by atoms with Gasteiger partial charge in [0, 0.05) is 18.5 Å². The fraction of sp³-hybridized carbons (Fsp3) is 0.250. The minimum absolute atomic E-state index is 0.0535. The number of carbonyl (C=O) groups excluding carboxylic acids is 1. The van der Waals surface area contributed by atoms with Crippen molar-refractivity contribution < 1.29 is 13.2 Å². The summed E-state index contributed by atoms with van der Waals surface area (Å²) in [5.41, 5.74) is 2.16. The van der Waals surface area contributed by atoms with Gasteiger partial charge in [-0.1, -0.05) is 36.4 Å². The van der Waals surface area contributed by atoms with Crippen molar-refractivity contribution in [1.82, 2.24) is 8.87 Å². The lowest BCUT2D eigenvalue weighted by Gasteiger charge is -2.30. The second kappa shape index (κ2) is 6.07. The average Bonchev–Trinajstić information content (AvgIpc) is 2.96. The summed E-state index contributed by atoms with van der Waals surface area (Å²) in [5, 5.41) is 0.843. The largest absolute Gasteiger partial charge is 0.300 e. The Morgan fingerprint density at radius 1 is 1.04 bits per heavy atom. The summed E-state index contributed by atoms with van der Waals surface area (Å²) >= 11 is 0. The third kappa shape index (κ3) is 2.48. The molecule has 1 aromatic heterocycles. The standard InChI is InChI=1S/C20H20N2O3S/c1-14(23)17-12-21(2)13-19-20(17)16-10-6-7-11-18(16)22(19)26(24,25)15-8-4-3-5-9-15/h3-11,17H,12-13H2,1-2H3. The van der Waals surface area contributed by atoms with E-state index in [0.717, 1.165) is 10.9 Å². The molecule has 4 rings (SSSR count). The van der Waals surface area contributed by atoms with Crippen molar-refractivity contribution in [3.63, 3.8) is 0 Å². The van der Waals surface area contributed by atoms with Crippen molar-refractivity contribution in [3.8, 4) is 0 Å². The lowest BCUT2D eigenvalue weighted by molar-refractivity contribution is -0.119. The fourth-order valence-corrected chi connectivity index (χ4v) is 5.43. The van der Waals surface area contributed by atoms with Crippen molar-refractivity contribution in [2.45, 2.75) is 24.3 Å². The van der Waals surface area contributed by atoms with Crippen LogP contribution in [0.3, 0.4) is 0 Å². The molecule has 0 saturated heterocycles. The van der Waals surface area contributed by atoms with Crippen LogP contribution in [0.25, 0.3) is 10.9 Å². The molecule has 2 aromatic carbocycles. The highest BCUT2D eigenvalue weighted by Crippen LogP contribution is 2.39. The summed E-state index contributed by atoms with van der Waals surface area (Å²) in [4.78, 5) is 14.5.